The molecule has 17 heavy (non-hydrogen) atoms. The Morgan fingerprint density at radius 2 is 2.06 bits per heavy atom. The average molecular weight is 340 g/mol. The lowest BCUT2D eigenvalue weighted by atomic mass is 10.2. The van der Waals surface area contributed by atoms with Crippen LogP contribution in [0.1, 0.15) is 18.8 Å². The first-order valence-electron chi connectivity index (χ1n) is 5.68. The summed E-state index contributed by atoms with van der Waals surface area (Å²) in [6.45, 7) is 4.04. The van der Waals surface area contributed by atoms with Gasteiger partial charge in [0.15, 0.2) is 5.82 Å². The fourth-order valence-electron chi connectivity index (χ4n) is 2.15. The van der Waals surface area contributed by atoms with E-state index in [1.807, 2.05) is 0 Å². The zero-order valence-corrected chi connectivity index (χ0v) is 11.7. The van der Waals surface area contributed by atoms with Gasteiger partial charge in [0, 0.05) is 22.2 Å². The Morgan fingerprint density at radius 1 is 1.29 bits per heavy atom. The smallest absolute Gasteiger partial charge is 0.164 e. The van der Waals surface area contributed by atoms with E-state index in [4.69, 9.17) is 0 Å². The van der Waals surface area contributed by atoms with Gasteiger partial charge in [0.05, 0.1) is 6.04 Å². The number of hydrogen-bond acceptors (Lipinski definition) is 3. The summed E-state index contributed by atoms with van der Waals surface area (Å²) in [6.07, 6.45) is 0. The predicted molar refractivity (Wildman–Crippen MR) is 74.6 cm³/mol. The first-order chi connectivity index (χ1) is 8.25. The molecule has 1 aromatic heterocycles. The van der Waals surface area contributed by atoms with Gasteiger partial charge in [-0.25, -0.2) is 0 Å². The van der Waals surface area contributed by atoms with Crippen LogP contribution in [0, 0.1) is 3.57 Å². The molecule has 1 N–H and O–H groups in total. The number of nitrogens with zero attached hydrogens (tertiary/aromatic N) is 3. The van der Waals surface area contributed by atoms with Gasteiger partial charge >= 0.3 is 0 Å². The van der Waals surface area contributed by atoms with E-state index in [0.717, 1.165) is 30.3 Å². The highest BCUT2D eigenvalue weighted by Crippen LogP contribution is 2.23. The molecule has 1 aliphatic rings. The predicted octanol–water partition coefficient (Wildman–Crippen LogP) is 2.21. The number of hydrogen-bond donors (Lipinski definition) is 1. The van der Waals surface area contributed by atoms with Crippen molar-refractivity contribution in [2.24, 2.45) is 0 Å². The molecule has 0 aliphatic carbocycles. The van der Waals surface area contributed by atoms with E-state index in [0.29, 0.717) is 0 Å². The van der Waals surface area contributed by atoms with E-state index in [1.54, 1.807) is 0 Å². The summed E-state index contributed by atoms with van der Waals surface area (Å²) in [5.41, 5.74) is 1.14. The standard InChI is InChI=1S/C12H13IN4/c1-8-11-15-16-12(17(11)7-6-14-8)9-2-4-10(13)5-3-9/h2-5,8,14H,6-7H2,1H3. The summed E-state index contributed by atoms with van der Waals surface area (Å²) in [5, 5.41) is 12.0. The molecule has 0 fully saturated rings. The van der Waals surface area contributed by atoms with Crippen LogP contribution in [0.15, 0.2) is 24.3 Å². The summed E-state index contributed by atoms with van der Waals surface area (Å²) in [4.78, 5) is 0. The zero-order chi connectivity index (χ0) is 11.8. The molecule has 4 nitrogen and oxygen atoms in total. The van der Waals surface area contributed by atoms with Crippen LogP contribution in [0.25, 0.3) is 11.4 Å². The third-order valence-electron chi connectivity index (χ3n) is 3.06. The molecule has 2 heterocycles. The molecule has 1 unspecified atom stereocenters. The average Bonchev–Trinajstić information content (AvgIpc) is 2.75. The highest BCUT2D eigenvalue weighted by Gasteiger charge is 2.21. The topological polar surface area (TPSA) is 42.7 Å². The number of fused-ring (bicyclic) bond motifs is 1. The third kappa shape index (κ3) is 1.97. The first kappa shape index (κ1) is 11.2. The molecule has 1 aromatic carbocycles. The molecule has 1 aliphatic heterocycles. The summed E-state index contributed by atoms with van der Waals surface area (Å²) in [5.74, 6) is 2.01. The van der Waals surface area contributed by atoms with E-state index in [-0.39, 0.29) is 6.04 Å². The van der Waals surface area contributed by atoms with Crippen LogP contribution in [0.5, 0.6) is 0 Å². The van der Waals surface area contributed by atoms with Gasteiger partial charge in [0.2, 0.25) is 0 Å². The lowest BCUT2D eigenvalue weighted by molar-refractivity contribution is 0.439. The number of benzene rings is 1. The van der Waals surface area contributed by atoms with Crippen molar-refractivity contribution in [3.8, 4) is 11.4 Å². The van der Waals surface area contributed by atoms with Gasteiger partial charge in [-0.15, -0.1) is 10.2 Å². The number of halogens is 1. The van der Waals surface area contributed by atoms with Crippen molar-refractivity contribution >= 4 is 22.6 Å². The van der Waals surface area contributed by atoms with Crippen molar-refractivity contribution in [2.75, 3.05) is 6.54 Å². The fourth-order valence-corrected chi connectivity index (χ4v) is 2.51. The zero-order valence-electron chi connectivity index (χ0n) is 9.52. The molecular formula is C12H13IN4. The lowest BCUT2D eigenvalue weighted by Gasteiger charge is -2.21. The second kappa shape index (κ2) is 4.38. The van der Waals surface area contributed by atoms with E-state index in [2.05, 4.69) is 73.9 Å². The molecular weight excluding hydrogens is 327 g/mol. The van der Waals surface area contributed by atoms with Crippen LogP contribution in [0.4, 0.5) is 0 Å². The molecule has 3 rings (SSSR count). The maximum absolute atomic E-state index is 4.32. The quantitative estimate of drug-likeness (QED) is 0.810. The highest BCUT2D eigenvalue weighted by molar-refractivity contribution is 14.1. The molecule has 2 aromatic rings. The fraction of sp³-hybridized carbons (Fsp3) is 0.333. The Bertz CT molecular complexity index is 532. The first-order valence-corrected chi connectivity index (χ1v) is 6.76. The van der Waals surface area contributed by atoms with Gasteiger partial charge in [0.1, 0.15) is 5.82 Å². The summed E-state index contributed by atoms with van der Waals surface area (Å²) in [7, 11) is 0. The van der Waals surface area contributed by atoms with Crippen molar-refractivity contribution in [1.82, 2.24) is 20.1 Å². The number of nitrogens with one attached hydrogen (secondary N) is 1. The molecule has 1 atom stereocenters. The van der Waals surface area contributed by atoms with Crippen LogP contribution in [0.2, 0.25) is 0 Å². The minimum atomic E-state index is 0.286. The van der Waals surface area contributed by atoms with Gasteiger partial charge in [0.25, 0.3) is 0 Å². The van der Waals surface area contributed by atoms with E-state index < -0.39 is 0 Å². The van der Waals surface area contributed by atoms with Gasteiger partial charge in [-0.05, 0) is 41.6 Å². The largest absolute Gasteiger partial charge is 0.308 e. The van der Waals surface area contributed by atoms with E-state index >= 15 is 0 Å². The molecule has 88 valence electrons. The van der Waals surface area contributed by atoms with E-state index in [9.17, 15) is 0 Å². The van der Waals surface area contributed by atoms with Gasteiger partial charge in [-0.3, -0.25) is 0 Å². The van der Waals surface area contributed by atoms with Crippen LogP contribution in [-0.2, 0) is 6.54 Å². The summed E-state index contributed by atoms with van der Waals surface area (Å²) < 4.78 is 3.45. The number of aromatic nitrogens is 3. The van der Waals surface area contributed by atoms with Gasteiger partial charge in [-0.1, -0.05) is 12.1 Å². The molecule has 0 saturated carbocycles. The monoisotopic (exact) mass is 340 g/mol. The summed E-state index contributed by atoms with van der Waals surface area (Å²) >= 11 is 2.31. The van der Waals surface area contributed by atoms with Crippen molar-refractivity contribution in [1.29, 1.82) is 0 Å². The Balaban J connectivity index is 2.07. The van der Waals surface area contributed by atoms with Gasteiger partial charge < -0.3 is 9.88 Å². The van der Waals surface area contributed by atoms with Crippen LogP contribution in [0.3, 0.4) is 0 Å². The maximum Gasteiger partial charge on any atom is 0.164 e. The van der Waals surface area contributed by atoms with Crippen molar-refractivity contribution in [3.63, 3.8) is 0 Å². The Morgan fingerprint density at radius 3 is 2.82 bits per heavy atom. The Kier molecular flexibility index (Phi) is 2.87. The third-order valence-corrected chi connectivity index (χ3v) is 3.77. The molecule has 0 bridgehead atoms. The van der Waals surface area contributed by atoms with Crippen LogP contribution in [-0.4, -0.2) is 21.3 Å². The maximum atomic E-state index is 4.32. The highest BCUT2D eigenvalue weighted by atomic mass is 127. The minimum absolute atomic E-state index is 0.286. The molecule has 0 radical (unpaired) electrons. The van der Waals surface area contributed by atoms with Crippen molar-refractivity contribution < 1.29 is 0 Å². The normalized spacial score (nSPS) is 19.1. The summed E-state index contributed by atoms with van der Waals surface area (Å²) in [6, 6.07) is 8.69. The number of rotatable bonds is 1. The Hall–Kier alpha value is -0.950. The van der Waals surface area contributed by atoms with Crippen LogP contribution < -0.4 is 5.32 Å². The second-order valence-electron chi connectivity index (χ2n) is 4.22. The van der Waals surface area contributed by atoms with Crippen molar-refractivity contribution in [3.05, 3.63) is 33.7 Å². The van der Waals surface area contributed by atoms with Crippen molar-refractivity contribution in [2.45, 2.75) is 19.5 Å². The molecule has 0 saturated heterocycles. The SMILES string of the molecule is CC1NCCn2c(-c3ccc(I)cc3)nnc21. The van der Waals surface area contributed by atoms with E-state index in [1.165, 1.54) is 3.57 Å². The Labute approximate surface area is 114 Å². The van der Waals surface area contributed by atoms with Gasteiger partial charge in [-0.2, -0.15) is 0 Å². The molecule has 5 heteroatoms. The second-order valence-corrected chi connectivity index (χ2v) is 5.46. The molecule has 0 amide bonds. The lowest BCUT2D eigenvalue weighted by Crippen LogP contribution is -2.32. The molecule has 0 spiro atoms. The minimum Gasteiger partial charge on any atom is -0.308 e. The van der Waals surface area contributed by atoms with Crippen LogP contribution >= 0.6 is 22.6 Å².